The Labute approximate surface area is 249 Å². The van der Waals surface area contributed by atoms with Gasteiger partial charge < -0.3 is 10.6 Å². The minimum absolute atomic E-state index is 0.275. The summed E-state index contributed by atoms with van der Waals surface area (Å²) >= 11 is 0. The van der Waals surface area contributed by atoms with Crippen molar-refractivity contribution in [3.8, 4) is 0 Å². The van der Waals surface area contributed by atoms with Crippen molar-refractivity contribution in [3.05, 3.63) is 0 Å². The molecule has 2 fully saturated rings. The monoisotopic (exact) mass is 561 g/mol. The van der Waals surface area contributed by atoms with Gasteiger partial charge in [0.15, 0.2) is 0 Å². The predicted octanol–water partition coefficient (Wildman–Crippen LogP) is 10.2. The summed E-state index contributed by atoms with van der Waals surface area (Å²) in [5.74, 6) is 1.96. The van der Waals surface area contributed by atoms with Crippen LogP contribution in [0.2, 0.25) is 0 Å². The van der Waals surface area contributed by atoms with Crippen molar-refractivity contribution in [2.75, 3.05) is 0 Å². The van der Waals surface area contributed by atoms with Crippen LogP contribution in [-0.4, -0.2) is 23.9 Å². The van der Waals surface area contributed by atoms with Gasteiger partial charge in [0.2, 0.25) is 11.8 Å². The van der Waals surface area contributed by atoms with E-state index in [0.29, 0.717) is 36.8 Å². The zero-order valence-electron chi connectivity index (χ0n) is 26.9. The first-order chi connectivity index (χ1) is 19.6. The summed E-state index contributed by atoms with van der Waals surface area (Å²) in [6, 6.07) is 0.728. The molecule has 2 aliphatic carbocycles. The highest BCUT2D eigenvalue weighted by atomic mass is 16.2. The lowest BCUT2D eigenvalue weighted by molar-refractivity contribution is -0.123. The number of carbonyl (C=O) groups excluding carboxylic acids is 2. The molecule has 2 aliphatic rings. The molecule has 0 aromatic carbocycles. The lowest BCUT2D eigenvalue weighted by Gasteiger charge is -2.28. The molecule has 2 rings (SSSR count). The van der Waals surface area contributed by atoms with E-state index in [9.17, 15) is 9.59 Å². The number of amides is 2. The Hall–Kier alpha value is -1.06. The minimum atomic E-state index is 0.275. The first-order valence-corrected chi connectivity index (χ1v) is 18.1. The summed E-state index contributed by atoms with van der Waals surface area (Å²) in [6.07, 6.45) is 35.6. The summed E-state index contributed by atoms with van der Waals surface area (Å²) in [5, 5.41) is 6.54. The van der Waals surface area contributed by atoms with Crippen molar-refractivity contribution in [1.82, 2.24) is 10.6 Å². The van der Waals surface area contributed by atoms with E-state index in [2.05, 4.69) is 24.5 Å². The van der Waals surface area contributed by atoms with Gasteiger partial charge in [0.05, 0.1) is 0 Å². The van der Waals surface area contributed by atoms with Crippen molar-refractivity contribution in [2.45, 2.75) is 206 Å². The highest BCUT2D eigenvalue weighted by Gasteiger charge is 2.22. The second kappa shape index (κ2) is 23.5. The SMILES string of the molecule is C[C@H](NC(=O)CCCCCCCCCCCCCCCCCCC(=O)N[C@@H](C)C1CCCCC1)C1CCCCC1. The Morgan fingerprint density at radius 2 is 0.700 bits per heavy atom. The molecule has 0 bridgehead atoms. The van der Waals surface area contributed by atoms with Gasteiger partial charge in [0, 0.05) is 24.9 Å². The first kappa shape index (κ1) is 35.1. The topological polar surface area (TPSA) is 58.2 Å². The molecule has 0 aromatic heterocycles. The molecule has 4 nitrogen and oxygen atoms in total. The van der Waals surface area contributed by atoms with Gasteiger partial charge in [0.25, 0.3) is 0 Å². The van der Waals surface area contributed by atoms with Crippen LogP contribution in [0.25, 0.3) is 0 Å². The fourth-order valence-electron chi connectivity index (χ4n) is 7.20. The number of hydrogen-bond donors (Lipinski definition) is 2. The Balaban J connectivity index is 1.25. The smallest absolute Gasteiger partial charge is 0.220 e. The molecule has 0 unspecified atom stereocenters. The number of rotatable bonds is 23. The maximum absolute atomic E-state index is 12.2. The number of nitrogens with one attached hydrogen (secondary N) is 2. The average molecular weight is 561 g/mol. The highest BCUT2D eigenvalue weighted by molar-refractivity contribution is 5.76. The van der Waals surface area contributed by atoms with Gasteiger partial charge in [-0.1, -0.05) is 128 Å². The van der Waals surface area contributed by atoms with Gasteiger partial charge in [-0.25, -0.2) is 0 Å². The molecule has 0 aliphatic heterocycles. The maximum atomic E-state index is 12.2. The van der Waals surface area contributed by atoms with Crippen LogP contribution in [0.3, 0.4) is 0 Å². The number of unbranched alkanes of at least 4 members (excludes halogenated alkanes) is 15. The fraction of sp³-hybridized carbons (Fsp3) is 0.944. The molecular formula is C36H68N2O2. The standard InChI is InChI=1S/C36H68N2O2/c1-31(33-25-19-17-20-26-33)37-35(39)29-23-15-13-11-9-7-5-3-4-6-8-10-12-14-16-24-30-36(40)38-32(2)34-27-21-18-22-28-34/h31-34H,3-30H2,1-2H3,(H,37,39)(H,38,40)/t31-,32-/m0/s1. The zero-order valence-corrected chi connectivity index (χ0v) is 26.9. The van der Waals surface area contributed by atoms with Crippen LogP contribution in [0.1, 0.15) is 194 Å². The molecule has 40 heavy (non-hydrogen) atoms. The van der Waals surface area contributed by atoms with Crippen LogP contribution in [0.4, 0.5) is 0 Å². The molecule has 2 amide bonds. The molecule has 4 heteroatoms. The fourth-order valence-corrected chi connectivity index (χ4v) is 7.20. The Morgan fingerprint density at radius 3 is 0.975 bits per heavy atom. The lowest BCUT2D eigenvalue weighted by atomic mass is 9.84. The summed E-state index contributed by atoms with van der Waals surface area (Å²) < 4.78 is 0. The van der Waals surface area contributed by atoms with E-state index < -0.39 is 0 Å². The maximum Gasteiger partial charge on any atom is 0.220 e. The molecule has 0 spiro atoms. The highest BCUT2D eigenvalue weighted by Crippen LogP contribution is 2.27. The first-order valence-electron chi connectivity index (χ1n) is 18.1. The van der Waals surface area contributed by atoms with E-state index in [1.165, 1.54) is 154 Å². The zero-order chi connectivity index (χ0) is 28.7. The van der Waals surface area contributed by atoms with Gasteiger partial charge in [-0.15, -0.1) is 0 Å². The van der Waals surface area contributed by atoms with E-state index in [1.807, 2.05) is 0 Å². The van der Waals surface area contributed by atoms with Gasteiger partial charge in [-0.2, -0.15) is 0 Å². The van der Waals surface area contributed by atoms with Crippen LogP contribution in [0, 0.1) is 11.8 Å². The second-order valence-electron chi connectivity index (χ2n) is 13.7. The van der Waals surface area contributed by atoms with Crippen LogP contribution in [-0.2, 0) is 9.59 Å². The van der Waals surface area contributed by atoms with E-state index in [4.69, 9.17) is 0 Å². The third-order valence-corrected chi connectivity index (χ3v) is 10.0. The molecule has 0 heterocycles. The summed E-state index contributed by atoms with van der Waals surface area (Å²) in [4.78, 5) is 24.5. The van der Waals surface area contributed by atoms with Crippen molar-refractivity contribution in [2.24, 2.45) is 11.8 Å². The van der Waals surface area contributed by atoms with Gasteiger partial charge >= 0.3 is 0 Å². The van der Waals surface area contributed by atoms with Crippen LogP contribution >= 0.6 is 0 Å². The van der Waals surface area contributed by atoms with E-state index in [-0.39, 0.29) is 11.8 Å². The summed E-state index contributed by atoms with van der Waals surface area (Å²) in [6.45, 7) is 4.41. The van der Waals surface area contributed by atoms with Gasteiger partial charge in [0.1, 0.15) is 0 Å². The molecule has 2 atom stereocenters. The van der Waals surface area contributed by atoms with Crippen molar-refractivity contribution in [3.63, 3.8) is 0 Å². The lowest BCUT2D eigenvalue weighted by Crippen LogP contribution is -2.38. The molecule has 234 valence electrons. The predicted molar refractivity (Wildman–Crippen MR) is 171 cm³/mol. The molecule has 0 saturated heterocycles. The van der Waals surface area contributed by atoms with E-state index in [0.717, 1.165) is 12.8 Å². The summed E-state index contributed by atoms with van der Waals surface area (Å²) in [5.41, 5.74) is 0. The third-order valence-electron chi connectivity index (χ3n) is 10.0. The van der Waals surface area contributed by atoms with E-state index in [1.54, 1.807) is 0 Å². The normalized spacial score (nSPS) is 18.4. The molecule has 2 saturated carbocycles. The summed E-state index contributed by atoms with van der Waals surface area (Å²) in [7, 11) is 0. The van der Waals surface area contributed by atoms with Crippen LogP contribution in [0.5, 0.6) is 0 Å². The average Bonchev–Trinajstić information content (AvgIpc) is 2.97. The molecule has 2 N–H and O–H groups in total. The Bertz CT molecular complexity index is 570. The second-order valence-corrected chi connectivity index (χ2v) is 13.7. The third kappa shape index (κ3) is 17.7. The van der Waals surface area contributed by atoms with Crippen molar-refractivity contribution in [1.29, 1.82) is 0 Å². The van der Waals surface area contributed by atoms with E-state index >= 15 is 0 Å². The quantitative estimate of drug-likeness (QED) is 0.122. The van der Waals surface area contributed by atoms with Gasteiger partial charge in [-0.05, 0) is 64.2 Å². The molecular weight excluding hydrogens is 492 g/mol. The van der Waals surface area contributed by atoms with Crippen molar-refractivity contribution >= 4 is 11.8 Å². The Morgan fingerprint density at radius 1 is 0.450 bits per heavy atom. The number of carbonyl (C=O) groups is 2. The van der Waals surface area contributed by atoms with Crippen molar-refractivity contribution < 1.29 is 9.59 Å². The molecule has 0 radical (unpaired) electrons. The number of hydrogen-bond acceptors (Lipinski definition) is 2. The van der Waals surface area contributed by atoms with Gasteiger partial charge in [-0.3, -0.25) is 9.59 Å². The largest absolute Gasteiger partial charge is 0.353 e. The molecule has 0 aromatic rings. The van der Waals surface area contributed by atoms with Crippen LogP contribution in [0.15, 0.2) is 0 Å². The Kier molecular flexibility index (Phi) is 20.6. The van der Waals surface area contributed by atoms with Crippen LogP contribution < -0.4 is 10.6 Å². The minimum Gasteiger partial charge on any atom is -0.353 e.